The van der Waals surface area contributed by atoms with Crippen molar-refractivity contribution in [1.82, 2.24) is 5.32 Å². The van der Waals surface area contributed by atoms with Gasteiger partial charge < -0.3 is 12.5 Å². The van der Waals surface area contributed by atoms with Gasteiger partial charge in [0.1, 0.15) is 11.3 Å². The van der Waals surface area contributed by atoms with E-state index in [1.165, 1.54) is 29.1 Å². The third kappa shape index (κ3) is 12.2. The molecule has 23 heavy (non-hydrogen) atoms. The first-order chi connectivity index (χ1) is 10.5. The molecule has 0 heterocycles. The number of rotatable bonds is 8. The van der Waals surface area contributed by atoms with E-state index < -0.39 is 29.2 Å². The number of unbranched alkanes of at least 4 members (excludes halogenated alkanes) is 2. The number of hydrogen-bond acceptors (Lipinski definition) is 5. The molecule has 0 radical (unpaired) electrons. The lowest BCUT2D eigenvalue weighted by atomic mass is 10.2. The van der Waals surface area contributed by atoms with E-state index >= 15 is 0 Å². The molecule has 0 aliphatic rings. The predicted octanol–water partition coefficient (Wildman–Crippen LogP) is 4.18. The van der Waals surface area contributed by atoms with E-state index in [1.54, 1.807) is 34.6 Å². The summed E-state index contributed by atoms with van der Waals surface area (Å²) in [5.74, 6) is -1.88. The van der Waals surface area contributed by atoms with Crippen molar-refractivity contribution in [3.8, 4) is 0 Å². The Labute approximate surface area is 150 Å². The average Bonchev–Trinajstić information content (AvgIpc) is 2.38. The summed E-state index contributed by atoms with van der Waals surface area (Å²) in [4.78, 5) is 22.5. The second kappa shape index (κ2) is 10.1. The zero-order valence-electron chi connectivity index (χ0n) is 14.2. The molecule has 1 N–H and O–H groups in total. The molecule has 0 aromatic rings. The SMILES string of the molecule is CC(C)(C)OC(=O)NC(C)(C)OCCCC/C=C(\F)C(=O)OI. The molecule has 0 fully saturated rings. The molecule has 0 bridgehead atoms. The molecule has 0 aromatic heterocycles. The summed E-state index contributed by atoms with van der Waals surface area (Å²) >= 11 is 1.33. The van der Waals surface area contributed by atoms with Gasteiger partial charge in [-0.25, -0.2) is 9.59 Å². The highest BCUT2D eigenvalue weighted by atomic mass is 127. The van der Waals surface area contributed by atoms with Gasteiger partial charge in [0.25, 0.3) is 0 Å². The maximum atomic E-state index is 13.1. The first kappa shape index (κ1) is 22.1. The van der Waals surface area contributed by atoms with Crippen LogP contribution >= 0.6 is 23.0 Å². The molecule has 8 heteroatoms. The molecule has 0 spiro atoms. The number of nitrogens with one attached hydrogen (secondary N) is 1. The lowest BCUT2D eigenvalue weighted by Crippen LogP contribution is -2.47. The molecular formula is C15H25FINO5. The smallest absolute Gasteiger partial charge is 0.409 e. The van der Waals surface area contributed by atoms with Crippen molar-refractivity contribution >= 4 is 35.1 Å². The number of ether oxygens (including phenoxy) is 2. The standard InChI is InChI=1S/C15H25FINO5/c1-14(2,3)22-13(20)18-15(4,5)21-10-8-6-7-9-11(16)12(19)23-17/h9H,6-8,10H2,1-5H3,(H,18,20)/b11-9-. The number of halogens is 2. The van der Waals surface area contributed by atoms with E-state index in [4.69, 9.17) is 9.47 Å². The molecule has 0 atom stereocenters. The molecule has 134 valence electrons. The summed E-state index contributed by atoms with van der Waals surface area (Å²) < 4.78 is 28.0. The fourth-order valence-electron chi connectivity index (χ4n) is 1.51. The van der Waals surface area contributed by atoms with Crippen LogP contribution in [0.3, 0.4) is 0 Å². The van der Waals surface area contributed by atoms with Gasteiger partial charge in [-0.3, -0.25) is 5.32 Å². The van der Waals surface area contributed by atoms with E-state index in [2.05, 4.69) is 8.38 Å². The van der Waals surface area contributed by atoms with Gasteiger partial charge in [-0.05, 0) is 60.0 Å². The Morgan fingerprint density at radius 1 is 1.17 bits per heavy atom. The summed E-state index contributed by atoms with van der Waals surface area (Å²) in [5.41, 5.74) is -1.44. The quantitative estimate of drug-likeness (QED) is 0.263. The molecule has 0 aliphatic heterocycles. The van der Waals surface area contributed by atoms with Crippen LogP contribution in [0.5, 0.6) is 0 Å². The normalized spacial score (nSPS) is 12.7. The number of alkyl carbamates (subject to hydrolysis) is 1. The van der Waals surface area contributed by atoms with Crippen LogP contribution in [0.15, 0.2) is 11.9 Å². The number of carbonyl (C=O) groups is 2. The largest absolute Gasteiger partial charge is 0.444 e. The van der Waals surface area contributed by atoms with Gasteiger partial charge in [0.15, 0.2) is 23.0 Å². The van der Waals surface area contributed by atoms with Gasteiger partial charge >= 0.3 is 12.1 Å². The molecule has 0 saturated carbocycles. The van der Waals surface area contributed by atoms with E-state index in [0.29, 0.717) is 25.9 Å². The highest BCUT2D eigenvalue weighted by molar-refractivity contribution is 14.1. The highest BCUT2D eigenvalue weighted by Gasteiger charge is 2.24. The molecule has 0 aliphatic carbocycles. The minimum absolute atomic E-state index is 0.384. The maximum absolute atomic E-state index is 13.1. The van der Waals surface area contributed by atoms with Crippen LogP contribution in [0.4, 0.5) is 9.18 Å². The van der Waals surface area contributed by atoms with Crippen molar-refractivity contribution in [2.24, 2.45) is 0 Å². The van der Waals surface area contributed by atoms with Crippen LogP contribution in [0.1, 0.15) is 53.9 Å². The number of amides is 1. The Hall–Kier alpha value is -0.900. The minimum atomic E-state index is -0.982. The van der Waals surface area contributed by atoms with Crippen molar-refractivity contribution in [3.63, 3.8) is 0 Å². The first-order valence-corrected chi connectivity index (χ1v) is 8.18. The summed E-state index contributed by atoms with van der Waals surface area (Å²) in [7, 11) is 0. The molecular weight excluding hydrogens is 420 g/mol. The number of carbonyl (C=O) groups excluding carboxylic acids is 2. The molecule has 6 nitrogen and oxygen atoms in total. The van der Waals surface area contributed by atoms with Crippen molar-refractivity contribution in [2.45, 2.75) is 65.2 Å². The van der Waals surface area contributed by atoms with Gasteiger partial charge in [-0.15, -0.1) is 0 Å². The van der Waals surface area contributed by atoms with Crippen LogP contribution in [0, 0.1) is 0 Å². The van der Waals surface area contributed by atoms with Gasteiger partial charge in [0.05, 0.1) is 0 Å². The van der Waals surface area contributed by atoms with Gasteiger partial charge in [0, 0.05) is 6.61 Å². The van der Waals surface area contributed by atoms with E-state index in [9.17, 15) is 14.0 Å². The number of hydrogen-bond donors (Lipinski definition) is 1. The van der Waals surface area contributed by atoms with Crippen LogP contribution in [0.25, 0.3) is 0 Å². The van der Waals surface area contributed by atoms with E-state index in [0.717, 1.165) is 0 Å². The fourth-order valence-corrected chi connectivity index (χ4v) is 1.72. The zero-order chi connectivity index (χ0) is 18.1. The van der Waals surface area contributed by atoms with Crippen molar-refractivity contribution in [1.29, 1.82) is 0 Å². The first-order valence-electron chi connectivity index (χ1n) is 7.30. The Balaban J connectivity index is 3.99. The van der Waals surface area contributed by atoms with Crippen LogP contribution in [-0.2, 0) is 17.3 Å². The minimum Gasteiger partial charge on any atom is -0.444 e. The van der Waals surface area contributed by atoms with Crippen molar-refractivity contribution < 1.29 is 26.5 Å². The molecule has 0 unspecified atom stereocenters. The predicted molar refractivity (Wildman–Crippen MR) is 92.6 cm³/mol. The van der Waals surface area contributed by atoms with E-state index in [-0.39, 0.29) is 0 Å². The second-order valence-electron chi connectivity index (χ2n) is 6.40. The summed E-state index contributed by atoms with van der Waals surface area (Å²) in [6.45, 7) is 9.15. The van der Waals surface area contributed by atoms with Gasteiger partial charge in [-0.1, -0.05) is 0 Å². The van der Waals surface area contributed by atoms with Gasteiger partial charge in [-0.2, -0.15) is 4.39 Å². The van der Waals surface area contributed by atoms with Crippen LogP contribution in [-0.4, -0.2) is 30.0 Å². The molecule has 0 saturated heterocycles. The average molecular weight is 445 g/mol. The Kier molecular flexibility index (Phi) is 9.67. The van der Waals surface area contributed by atoms with Gasteiger partial charge in [0.2, 0.25) is 5.83 Å². The monoisotopic (exact) mass is 445 g/mol. The Bertz CT molecular complexity index is 432. The van der Waals surface area contributed by atoms with Crippen molar-refractivity contribution in [2.75, 3.05) is 6.61 Å². The topological polar surface area (TPSA) is 73.9 Å². The highest BCUT2D eigenvalue weighted by Crippen LogP contribution is 2.12. The molecule has 1 amide bonds. The maximum Gasteiger partial charge on any atom is 0.409 e. The van der Waals surface area contributed by atoms with E-state index in [1.807, 2.05) is 0 Å². The third-order valence-corrected chi connectivity index (χ3v) is 2.85. The summed E-state index contributed by atoms with van der Waals surface area (Å²) in [6, 6.07) is 0. The lowest BCUT2D eigenvalue weighted by Gasteiger charge is -2.28. The Morgan fingerprint density at radius 3 is 2.30 bits per heavy atom. The molecule has 0 aromatic carbocycles. The second-order valence-corrected chi connectivity index (χ2v) is 6.84. The lowest BCUT2D eigenvalue weighted by molar-refractivity contribution is -0.128. The van der Waals surface area contributed by atoms with Crippen LogP contribution < -0.4 is 5.32 Å². The summed E-state index contributed by atoms with van der Waals surface area (Å²) in [5, 5.41) is 2.63. The zero-order valence-corrected chi connectivity index (χ0v) is 16.4. The van der Waals surface area contributed by atoms with Crippen LogP contribution in [0.2, 0.25) is 0 Å². The summed E-state index contributed by atoms with van der Waals surface area (Å²) in [6.07, 6.45) is 2.34. The number of allylic oxidation sites excluding steroid dienone is 1. The Morgan fingerprint density at radius 2 is 1.78 bits per heavy atom. The fraction of sp³-hybridized carbons (Fsp3) is 0.733. The van der Waals surface area contributed by atoms with Crippen molar-refractivity contribution in [3.05, 3.63) is 11.9 Å². The third-order valence-electron chi connectivity index (χ3n) is 2.45. The molecule has 0 rings (SSSR count).